The van der Waals surface area contributed by atoms with Crippen LogP contribution in [0.1, 0.15) is 13.3 Å². The zero-order valence-electron chi connectivity index (χ0n) is 6.99. The molecule has 0 spiro atoms. The molecule has 60 valence electrons. The van der Waals surface area contributed by atoms with Gasteiger partial charge in [-0.1, -0.05) is 6.92 Å². The highest BCUT2D eigenvalue weighted by atomic mass is 15.3. The van der Waals surface area contributed by atoms with Gasteiger partial charge in [-0.05, 0) is 6.42 Å². The maximum Gasteiger partial charge on any atom is 0.117 e. The van der Waals surface area contributed by atoms with Crippen LogP contribution in [0.15, 0.2) is 12.4 Å². The molecule has 1 atom stereocenters. The first kappa shape index (κ1) is 7.93. The summed E-state index contributed by atoms with van der Waals surface area (Å²) in [5.41, 5.74) is 0. The lowest BCUT2D eigenvalue weighted by Crippen LogP contribution is -2.31. The molecule has 1 aliphatic heterocycles. The van der Waals surface area contributed by atoms with E-state index in [0.717, 1.165) is 13.1 Å². The Kier molecular flexibility index (Phi) is 2.37. The maximum absolute atomic E-state index is 8.73. The second-order valence-corrected chi connectivity index (χ2v) is 2.76. The maximum atomic E-state index is 8.73. The van der Waals surface area contributed by atoms with E-state index >= 15 is 0 Å². The monoisotopic (exact) mass is 151 g/mol. The molecule has 0 aliphatic carbocycles. The fraction of sp³-hybridized carbons (Fsp3) is 0.625. The smallest absolute Gasteiger partial charge is 0.117 e. The third-order valence-corrected chi connectivity index (χ3v) is 1.84. The molecule has 0 aromatic heterocycles. The van der Waals surface area contributed by atoms with Gasteiger partial charge in [0, 0.05) is 19.4 Å². The molecule has 0 saturated carbocycles. The molecule has 0 radical (unpaired) electrons. The van der Waals surface area contributed by atoms with E-state index in [-0.39, 0.29) is 6.04 Å². The highest BCUT2D eigenvalue weighted by molar-refractivity contribution is 5.00. The summed E-state index contributed by atoms with van der Waals surface area (Å²) in [5, 5.41) is 8.73. The van der Waals surface area contributed by atoms with E-state index in [1.165, 1.54) is 0 Å². The lowest BCUT2D eigenvalue weighted by atomic mass is 10.2. The SMILES string of the molecule is CCC(C#N)N1C=CN(C)C1. The summed E-state index contributed by atoms with van der Waals surface area (Å²) in [7, 11) is 2.00. The van der Waals surface area contributed by atoms with Crippen LogP contribution in [0.5, 0.6) is 0 Å². The third-order valence-electron chi connectivity index (χ3n) is 1.84. The third kappa shape index (κ3) is 1.64. The lowest BCUT2D eigenvalue weighted by molar-refractivity contribution is 0.260. The first-order valence-corrected chi connectivity index (χ1v) is 3.82. The molecule has 3 heteroatoms. The van der Waals surface area contributed by atoms with Gasteiger partial charge in [-0.25, -0.2) is 0 Å². The second-order valence-electron chi connectivity index (χ2n) is 2.76. The molecule has 0 fully saturated rings. The second kappa shape index (κ2) is 3.29. The van der Waals surface area contributed by atoms with Gasteiger partial charge in [0.2, 0.25) is 0 Å². The van der Waals surface area contributed by atoms with Crippen LogP contribution in [0.2, 0.25) is 0 Å². The minimum absolute atomic E-state index is 0.0381. The number of hydrogen-bond donors (Lipinski definition) is 0. The molecule has 1 unspecified atom stereocenters. The Morgan fingerprint density at radius 1 is 1.64 bits per heavy atom. The van der Waals surface area contributed by atoms with Gasteiger partial charge in [-0.3, -0.25) is 0 Å². The van der Waals surface area contributed by atoms with Gasteiger partial charge >= 0.3 is 0 Å². The Labute approximate surface area is 67.5 Å². The van der Waals surface area contributed by atoms with Crippen molar-refractivity contribution in [3.8, 4) is 6.07 Å². The first-order chi connectivity index (χ1) is 5.27. The molecule has 0 bridgehead atoms. The summed E-state index contributed by atoms with van der Waals surface area (Å²) in [6, 6.07) is 2.30. The van der Waals surface area contributed by atoms with Crippen molar-refractivity contribution >= 4 is 0 Å². The zero-order chi connectivity index (χ0) is 8.27. The highest BCUT2D eigenvalue weighted by Gasteiger charge is 2.16. The van der Waals surface area contributed by atoms with Gasteiger partial charge in [0.15, 0.2) is 0 Å². The van der Waals surface area contributed by atoms with Crippen molar-refractivity contribution in [3.05, 3.63) is 12.4 Å². The zero-order valence-corrected chi connectivity index (χ0v) is 6.99. The number of nitriles is 1. The fourth-order valence-corrected chi connectivity index (χ4v) is 1.15. The van der Waals surface area contributed by atoms with Crippen LogP contribution in [0, 0.1) is 11.3 Å². The van der Waals surface area contributed by atoms with E-state index in [1.807, 2.05) is 31.3 Å². The van der Waals surface area contributed by atoms with Gasteiger partial charge in [-0.2, -0.15) is 5.26 Å². The molecular weight excluding hydrogens is 138 g/mol. The predicted molar refractivity (Wildman–Crippen MR) is 43.3 cm³/mol. The molecule has 11 heavy (non-hydrogen) atoms. The normalized spacial score (nSPS) is 18.6. The molecular formula is C8H13N3. The molecule has 3 nitrogen and oxygen atoms in total. The summed E-state index contributed by atoms with van der Waals surface area (Å²) in [5.74, 6) is 0. The Bertz CT molecular complexity index is 192. The van der Waals surface area contributed by atoms with Crippen LogP contribution >= 0.6 is 0 Å². The largest absolute Gasteiger partial charge is 0.362 e. The van der Waals surface area contributed by atoms with E-state index < -0.39 is 0 Å². The van der Waals surface area contributed by atoms with Crippen molar-refractivity contribution in [2.24, 2.45) is 0 Å². The Hall–Kier alpha value is -1.17. The standard InChI is InChI=1S/C8H13N3/c1-3-8(6-9)11-5-4-10(2)7-11/h4-5,8H,3,7H2,1-2H3. The quantitative estimate of drug-likeness (QED) is 0.589. The molecule has 1 heterocycles. The van der Waals surface area contributed by atoms with Gasteiger partial charge in [0.1, 0.15) is 6.04 Å². The summed E-state index contributed by atoms with van der Waals surface area (Å²) in [4.78, 5) is 4.10. The molecule has 1 rings (SSSR count). The number of hydrogen-bond acceptors (Lipinski definition) is 3. The average molecular weight is 151 g/mol. The molecule has 0 saturated heterocycles. The van der Waals surface area contributed by atoms with Crippen LogP contribution in [-0.4, -0.2) is 29.6 Å². The van der Waals surface area contributed by atoms with Crippen molar-refractivity contribution in [3.63, 3.8) is 0 Å². The van der Waals surface area contributed by atoms with E-state index in [9.17, 15) is 0 Å². The Morgan fingerprint density at radius 2 is 2.36 bits per heavy atom. The van der Waals surface area contributed by atoms with Crippen molar-refractivity contribution < 1.29 is 0 Å². The van der Waals surface area contributed by atoms with Crippen molar-refractivity contribution in [1.29, 1.82) is 5.26 Å². The van der Waals surface area contributed by atoms with Crippen LogP contribution in [-0.2, 0) is 0 Å². The molecule has 1 aliphatic rings. The van der Waals surface area contributed by atoms with Crippen LogP contribution in [0.4, 0.5) is 0 Å². The van der Waals surface area contributed by atoms with Gasteiger partial charge in [0.25, 0.3) is 0 Å². The van der Waals surface area contributed by atoms with E-state index in [2.05, 4.69) is 11.0 Å². The topological polar surface area (TPSA) is 30.3 Å². The van der Waals surface area contributed by atoms with Crippen molar-refractivity contribution in [1.82, 2.24) is 9.80 Å². The van der Waals surface area contributed by atoms with Crippen molar-refractivity contribution in [2.75, 3.05) is 13.7 Å². The Balaban J connectivity index is 2.50. The molecule has 0 aromatic carbocycles. The summed E-state index contributed by atoms with van der Waals surface area (Å²) >= 11 is 0. The summed E-state index contributed by atoms with van der Waals surface area (Å²) in [6.07, 6.45) is 4.84. The number of nitrogens with zero attached hydrogens (tertiary/aromatic N) is 3. The first-order valence-electron chi connectivity index (χ1n) is 3.82. The van der Waals surface area contributed by atoms with Crippen molar-refractivity contribution in [2.45, 2.75) is 19.4 Å². The van der Waals surface area contributed by atoms with E-state index in [4.69, 9.17) is 5.26 Å². The van der Waals surface area contributed by atoms with E-state index in [1.54, 1.807) is 0 Å². The predicted octanol–water partition coefficient (Wildman–Crippen LogP) is 0.965. The highest BCUT2D eigenvalue weighted by Crippen LogP contribution is 2.10. The van der Waals surface area contributed by atoms with Crippen LogP contribution < -0.4 is 0 Å². The van der Waals surface area contributed by atoms with Gasteiger partial charge < -0.3 is 9.80 Å². The van der Waals surface area contributed by atoms with Crippen LogP contribution in [0.3, 0.4) is 0 Å². The van der Waals surface area contributed by atoms with Gasteiger partial charge in [0.05, 0.1) is 12.7 Å². The molecule has 0 N–H and O–H groups in total. The molecule has 0 amide bonds. The minimum Gasteiger partial charge on any atom is -0.362 e. The average Bonchev–Trinajstić information content (AvgIpc) is 2.39. The van der Waals surface area contributed by atoms with Gasteiger partial charge in [-0.15, -0.1) is 0 Å². The number of rotatable bonds is 2. The fourth-order valence-electron chi connectivity index (χ4n) is 1.15. The van der Waals surface area contributed by atoms with Crippen LogP contribution in [0.25, 0.3) is 0 Å². The summed E-state index contributed by atoms with van der Waals surface area (Å²) < 4.78 is 0. The Morgan fingerprint density at radius 3 is 2.73 bits per heavy atom. The molecule has 0 aromatic rings. The minimum atomic E-state index is 0.0381. The van der Waals surface area contributed by atoms with E-state index in [0.29, 0.717) is 0 Å². The lowest BCUT2D eigenvalue weighted by Gasteiger charge is -2.21. The summed E-state index contributed by atoms with van der Waals surface area (Å²) in [6.45, 7) is 2.87.